The smallest absolute Gasteiger partial charge is 0.264 e. The highest BCUT2D eigenvalue weighted by atomic mass is 16.3. The van der Waals surface area contributed by atoms with Crippen LogP contribution >= 0.6 is 0 Å². The zero-order valence-corrected chi connectivity index (χ0v) is 12.3. The van der Waals surface area contributed by atoms with Crippen molar-refractivity contribution >= 4 is 0 Å². The molecule has 0 spiro atoms. The topological polar surface area (TPSA) is 50.9 Å². The van der Waals surface area contributed by atoms with E-state index >= 15 is 0 Å². The van der Waals surface area contributed by atoms with Crippen LogP contribution in [0.25, 0.3) is 28.1 Å². The average molecular weight is 302 g/mol. The van der Waals surface area contributed by atoms with Crippen LogP contribution in [0.4, 0.5) is 0 Å². The van der Waals surface area contributed by atoms with Crippen LogP contribution in [0, 0.1) is 0 Å². The van der Waals surface area contributed by atoms with Gasteiger partial charge in [0.1, 0.15) is 5.76 Å². The second-order valence-electron chi connectivity index (χ2n) is 5.28. The maximum absolute atomic E-state index is 11.3. The third-order valence-electron chi connectivity index (χ3n) is 3.72. The molecule has 0 saturated heterocycles. The van der Waals surface area contributed by atoms with Crippen LogP contribution in [0.1, 0.15) is 0 Å². The van der Waals surface area contributed by atoms with E-state index < -0.39 is 0 Å². The molecule has 0 amide bonds. The molecule has 0 aliphatic heterocycles. The minimum absolute atomic E-state index is 0.125. The second-order valence-corrected chi connectivity index (χ2v) is 5.28. The predicted octanol–water partition coefficient (Wildman–Crippen LogP) is 4.09. The summed E-state index contributed by atoms with van der Waals surface area (Å²) < 4.78 is 7.41. The Bertz CT molecular complexity index is 993. The number of aromatic nitrogens is 2. The molecule has 23 heavy (non-hydrogen) atoms. The van der Waals surface area contributed by atoms with Crippen molar-refractivity contribution in [2.75, 3.05) is 0 Å². The highest BCUT2D eigenvalue weighted by Crippen LogP contribution is 2.29. The van der Waals surface area contributed by atoms with Gasteiger partial charge in [0, 0.05) is 23.4 Å². The molecule has 4 nitrogen and oxygen atoms in total. The van der Waals surface area contributed by atoms with Crippen molar-refractivity contribution in [2.24, 2.45) is 0 Å². The van der Waals surface area contributed by atoms with Crippen LogP contribution in [0.5, 0.6) is 0 Å². The number of hydrogen-bond acceptors (Lipinski definition) is 2. The van der Waals surface area contributed by atoms with E-state index in [1.54, 1.807) is 17.1 Å². The first-order valence-electron chi connectivity index (χ1n) is 7.32. The first-order chi connectivity index (χ1) is 11.3. The van der Waals surface area contributed by atoms with Gasteiger partial charge in [0.25, 0.3) is 5.56 Å². The highest BCUT2D eigenvalue weighted by molar-refractivity contribution is 5.70. The summed E-state index contributed by atoms with van der Waals surface area (Å²) in [7, 11) is 0. The van der Waals surface area contributed by atoms with Gasteiger partial charge in [-0.25, -0.2) is 0 Å². The normalized spacial score (nSPS) is 10.8. The first kappa shape index (κ1) is 13.4. The molecule has 0 atom stereocenters. The standard InChI is InChI=1S/C19H14N2O2/c22-19-9-10-21(20-19)17-8-4-7-15(11-17)18-12-16(13-23-18)14-5-2-1-3-6-14/h1-13H,(H,20,22). The zero-order chi connectivity index (χ0) is 15.6. The first-order valence-corrected chi connectivity index (χ1v) is 7.32. The molecule has 4 aromatic rings. The van der Waals surface area contributed by atoms with E-state index in [1.165, 1.54) is 6.07 Å². The number of H-pyrrole nitrogens is 1. The van der Waals surface area contributed by atoms with Gasteiger partial charge in [0.15, 0.2) is 0 Å². The molecule has 0 fully saturated rings. The molecule has 4 rings (SSSR count). The van der Waals surface area contributed by atoms with Gasteiger partial charge in [-0.05, 0) is 23.8 Å². The number of rotatable bonds is 3. The fourth-order valence-corrected chi connectivity index (χ4v) is 2.56. The van der Waals surface area contributed by atoms with Crippen LogP contribution in [-0.4, -0.2) is 9.78 Å². The van der Waals surface area contributed by atoms with E-state index in [2.05, 4.69) is 17.2 Å². The molecule has 0 radical (unpaired) electrons. The minimum Gasteiger partial charge on any atom is -0.464 e. The van der Waals surface area contributed by atoms with Crippen LogP contribution in [0.2, 0.25) is 0 Å². The SMILES string of the molecule is O=c1ccn(-c2cccc(-c3cc(-c4ccccc4)co3)c2)[nH]1. The van der Waals surface area contributed by atoms with Crippen molar-refractivity contribution in [3.05, 3.63) is 89.5 Å². The number of hydrogen-bond donors (Lipinski definition) is 1. The summed E-state index contributed by atoms with van der Waals surface area (Å²) in [6.45, 7) is 0. The number of aromatic amines is 1. The van der Waals surface area contributed by atoms with E-state index in [1.807, 2.05) is 48.5 Å². The summed E-state index contributed by atoms with van der Waals surface area (Å²) in [6.07, 6.45) is 3.47. The predicted molar refractivity (Wildman–Crippen MR) is 89.5 cm³/mol. The Hall–Kier alpha value is -3.27. The largest absolute Gasteiger partial charge is 0.464 e. The molecule has 2 aromatic carbocycles. The Balaban J connectivity index is 1.72. The molecule has 0 bridgehead atoms. The van der Waals surface area contributed by atoms with E-state index in [0.29, 0.717) is 0 Å². The molecule has 0 aliphatic rings. The van der Waals surface area contributed by atoms with Crippen molar-refractivity contribution in [2.45, 2.75) is 0 Å². The van der Waals surface area contributed by atoms with Crippen molar-refractivity contribution in [1.82, 2.24) is 9.78 Å². The quantitative estimate of drug-likeness (QED) is 0.619. The molecule has 0 unspecified atom stereocenters. The Kier molecular flexibility index (Phi) is 3.20. The summed E-state index contributed by atoms with van der Waals surface area (Å²) in [4.78, 5) is 11.3. The second kappa shape index (κ2) is 5.50. The molecule has 112 valence electrons. The fourth-order valence-electron chi connectivity index (χ4n) is 2.56. The lowest BCUT2D eigenvalue weighted by molar-refractivity contribution is 0.583. The molecule has 0 aliphatic carbocycles. The van der Waals surface area contributed by atoms with E-state index in [9.17, 15) is 4.79 Å². The van der Waals surface area contributed by atoms with Crippen molar-refractivity contribution in [1.29, 1.82) is 0 Å². The van der Waals surface area contributed by atoms with Gasteiger partial charge >= 0.3 is 0 Å². The Morgan fingerprint density at radius 1 is 0.826 bits per heavy atom. The van der Waals surface area contributed by atoms with E-state index in [4.69, 9.17) is 4.42 Å². The summed E-state index contributed by atoms with van der Waals surface area (Å²) in [6, 6.07) is 21.4. The molecule has 2 heterocycles. The molecular formula is C19H14N2O2. The monoisotopic (exact) mass is 302 g/mol. The third kappa shape index (κ3) is 2.62. The van der Waals surface area contributed by atoms with Crippen LogP contribution < -0.4 is 5.56 Å². The highest BCUT2D eigenvalue weighted by Gasteiger charge is 2.07. The van der Waals surface area contributed by atoms with Crippen molar-refractivity contribution in [3.8, 4) is 28.1 Å². The van der Waals surface area contributed by atoms with Crippen LogP contribution in [0.15, 0.2) is 88.4 Å². The fraction of sp³-hybridized carbons (Fsp3) is 0. The van der Waals surface area contributed by atoms with E-state index in [-0.39, 0.29) is 5.56 Å². The van der Waals surface area contributed by atoms with Gasteiger partial charge in [0.2, 0.25) is 0 Å². The number of nitrogens with one attached hydrogen (secondary N) is 1. The molecular weight excluding hydrogens is 288 g/mol. The zero-order valence-electron chi connectivity index (χ0n) is 12.3. The van der Waals surface area contributed by atoms with Crippen LogP contribution in [0.3, 0.4) is 0 Å². The van der Waals surface area contributed by atoms with Gasteiger partial charge in [-0.3, -0.25) is 14.6 Å². The van der Waals surface area contributed by atoms with E-state index in [0.717, 1.165) is 28.1 Å². The Labute approximate surface area is 132 Å². The molecule has 0 saturated carbocycles. The maximum Gasteiger partial charge on any atom is 0.264 e. The molecule has 1 N–H and O–H groups in total. The Morgan fingerprint density at radius 3 is 2.43 bits per heavy atom. The summed E-state index contributed by atoms with van der Waals surface area (Å²) in [5, 5.41) is 2.73. The maximum atomic E-state index is 11.3. The van der Waals surface area contributed by atoms with Crippen molar-refractivity contribution in [3.63, 3.8) is 0 Å². The summed E-state index contributed by atoms with van der Waals surface area (Å²) in [5.74, 6) is 0.792. The van der Waals surface area contributed by atoms with Crippen LogP contribution in [-0.2, 0) is 0 Å². The lowest BCUT2D eigenvalue weighted by atomic mass is 10.1. The number of furan rings is 1. The van der Waals surface area contributed by atoms with Gasteiger partial charge in [-0.2, -0.15) is 0 Å². The van der Waals surface area contributed by atoms with Crippen molar-refractivity contribution < 1.29 is 4.42 Å². The number of nitrogens with zero attached hydrogens (tertiary/aromatic N) is 1. The lowest BCUT2D eigenvalue weighted by Crippen LogP contribution is -2.02. The number of benzene rings is 2. The van der Waals surface area contributed by atoms with Gasteiger partial charge in [-0.15, -0.1) is 0 Å². The average Bonchev–Trinajstić information content (AvgIpc) is 3.25. The molecule has 2 aromatic heterocycles. The third-order valence-corrected chi connectivity index (χ3v) is 3.72. The molecule has 4 heteroatoms. The minimum atomic E-state index is -0.125. The van der Waals surface area contributed by atoms with Gasteiger partial charge < -0.3 is 4.42 Å². The summed E-state index contributed by atoms with van der Waals surface area (Å²) in [5.41, 5.74) is 3.87. The summed E-state index contributed by atoms with van der Waals surface area (Å²) >= 11 is 0. The van der Waals surface area contributed by atoms with Gasteiger partial charge in [-0.1, -0.05) is 42.5 Å². The van der Waals surface area contributed by atoms with Gasteiger partial charge in [0.05, 0.1) is 12.0 Å². The lowest BCUT2D eigenvalue weighted by Gasteiger charge is -2.04. The Morgan fingerprint density at radius 2 is 1.65 bits per heavy atom.